The molecule has 0 radical (unpaired) electrons. The van der Waals surface area contributed by atoms with Crippen LogP contribution in [0.25, 0.3) is 0 Å². The summed E-state index contributed by atoms with van der Waals surface area (Å²) in [5.41, 5.74) is 0.664. The van der Waals surface area contributed by atoms with Gasteiger partial charge in [-0.2, -0.15) is 0 Å². The zero-order chi connectivity index (χ0) is 19.9. The largest absolute Gasteiger partial charge is 0.404 e. The first kappa shape index (κ1) is 21.0. The molecular formula is C23H27FO2Si. The molecule has 0 aliphatic carbocycles. The van der Waals surface area contributed by atoms with E-state index < -0.39 is 14.1 Å². The van der Waals surface area contributed by atoms with E-state index in [-0.39, 0.29) is 11.3 Å². The highest BCUT2D eigenvalue weighted by molar-refractivity contribution is 6.99. The van der Waals surface area contributed by atoms with Gasteiger partial charge in [0.1, 0.15) is 0 Å². The first-order valence-corrected chi connectivity index (χ1v) is 11.0. The summed E-state index contributed by atoms with van der Waals surface area (Å²) in [6.07, 6.45) is 3.25. The second-order valence-corrected chi connectivity index (χ2v) is 11.9. The van der Waals surface area contributed by atoms with Gasteiger partial charge in [-0.3, -0.25) is 4.79 Å². The molecule has 0 unspecified atom stereocenters. The maximum absolute atomic E-state index is 13.2. The number of allylic oxidation sites excluding steroid dienone is 3. The van der Waals surface area contributed by atoms with Crippen LogP contribution in [0.3, 0.4) is 0 Å². The van der Waals surface area contributed by atoms with Crippen molar-refractivity contribution >= 4 is 25.0 Å². The van der Waals surface area contributed by atoms with Crippen LogP contribution in [0.1, 0.15) is 27.7 Å². The number of benzene rings is 2. The van der Waals surface area contributed by atoms with Crippen LogP contribution >= 0.6 is 0 Å². The van der Waals surface area contributed by atoms with Crippen LogP contribution in [0.15, 0.2) is 84.2 Å². The summed E-state index contributed by atoms with van der Waals surface area (Å²) in [5, 5.41) is 2.29. The Labute approximate surface area is 162 Å². The number of hydrogen-bond donors (Lipinski definition) is 0. The van der Waals surface area contributed by atoms with Gasteiger partial charge in [-0.25, -0.2) is 4.39 Å². The third-order valence-electron chi connectivity index (χ3n) is 4.60. The van der Waals surface area contributed by atoms with Crippen molar-refractivity contribution in [3.63, 3.8) is 0 Å². The summed E-state index contributed by atoms with van der Waals surface area (Å²) >= 11 is 0. The van der Waals surface area contributed by atoms with E-state index in [0.717, 1.165) is 0 Å². The second kappa shape index (κ2) is 9.06. The summed E-state index contributed by atoms with van der Waals surface area (Å²) in [6.45, 7) is 8.74. The lowest BCUT2D eigenvalue weighted by atomic mass is 10.2. The van der Waals surface area contributed by atoms with Crippen molar-refractivity contribution in [3.05, 3.63) is 84.2 Å². The lowest BCUT2D eigenvalue weighted by Gasteiger charge is -2.42. The Bertz CT molecular complexity index is 766. The van der Waals surface area contributed by atoms with Crippen molar-refractivity contribution < 1.29 is 13.6 Å². The van der Waals surface area contributed by atoms with Crippen LogP contribution in [0, 0.1) is 0 Å². The van der Waals surface area contributed by atoms with Gasteiger partial charge in [-0.15, -0.1) is 0 Å². The molecule has 142 valence electrons. The third-order valence-corrected chi connectivity index (χ3v) is 9.60. The number of hydrogen-bond acceptors (Lipinski definition) is 2. The summed E-state index contributed by atoms with van der Waals surface area (Å²) in [5.74, 6) is -0.783. The van der Waals surface area contributed by atoms with Gasteiger partial charge in [-0.05, 0) is 34.0 Å². The Morgan fingerprint density at radius 2 is 1.48 bits per heavy atom. The Kier molecular flexibility index (Phi) is 7.05. The molecular weight excluding hydrogens is 355 g/mol. The first-order valence-electron chi connectivity index (χ1n) is 9.05. The monoisotopic (exact) mass is 382 g/mol. The van der Waals surface area contributed by atoms with Crippen molar-refractivity contribution in [2.24, 2.45) is 0 Å². The van der Waals surface area contributed by atoms with Crippen molar-refractivity contribution in [3.8, 4) is 0 Å². The number of carbonyl (C=O) groups is 1. The quantitative estimate of drug-likeness (QED) is 0.304. The van der Waals surface area contributed by atoms with Crippen LogP contribution in [0.5, 0.6) is 0 Å². The fourth-order valence-electron chi connectivity index (χ4n) is 3.37. The van der Waals surface area contributed by atoms with Gasteiger partial charge in [0.05, 0.1) is 6.61 Å². The zero-order valence-corrected chi connectivity index (χ0v) is 17.4. The van der Waals surface area contributed by atoms with Crippen LogP contribution in [0.2, 0.25) is 5.04 Å². The summed E-state index contributed by atoms with van der Waals surface area (Å²) in [7, 11) is -2.59. The zero-order valence-electron chi connectivity index (χ0n) is 16.4. The standard InChI is InChI=1S/C23H27FO2Si/c1-19(17-20(24)18-25)15-16-26-27(23(2,3)4,21-11-7-5-8-12-21)22-13-9-6-10-14-22/h5-15,17-18H,16H2,1-4H3/b19-15+,20-17+. The molecule has 2 aromatic carbocycles. The highest BCUT2D eigenvalue weighted by Gasteiger charge is 2.49. The Hall–Kier alpha value is -2.30. The Balaban J connectivity index is 2.50. The smallest absolute Gasteiger partial charge is 0.261 e. The van der Waals surface area contributed by atoms with E-state index in [1.807, 2.05) is 42.5 Å². The van der Waals surface area contributed by atoms with E-state index in [1.165, 1.54) is 16.4 Å². The maximum atomic E-state index is 13.2. The molecule has 4 heteroatoms. The summed E-state index contributed by atoms with van der Waals surface area (Å²) < 4.78 is 19.9. The lowest BCUT2D eigenvalue weighted by Crippen LogP contribution is -2.66. The van der Waals surface area contributed by atoms with E-state index in [1.54, 1.807) is 6.92 Å². The molecule has 0 fully saturated rings. The molecule has 2 rings (SSSR count). The third kappa shape index (κ3) is 4.90. The van der Waals surface area contributed by atoms with Crippen molar-refractivity contribution in [2.45, 2.75) is 32.7 Å². The number of halogens is 1. The predicted octanol–water partition coefficient (Wildman–Crippen LogP) is 4.56. The minimum atomic E-state index is -2.59. The van der Waals surface area contributed by atoms with Gasteiger partial charge in [0.15, 0.2) is 12.1 Å². The fraction of sp³-hybridized carbons (Fsp3) is 0.261. The molecule has 2 aromatic rings. The molecule has 0 saturated carbocycles. The topological polar surface area (TPSA) is 26.3 Å². The first-order chi connectivity index (χ1) is 12.8. The lowest BCUT2D eigenvalue weighted by molar-refractivity contribution is -0.106. The molecule has 0 atom stereocenters. The minimum Gasteiger partial charge on any atom is -0.404 e. The van der Waals surface area contributed by atoms with Crippen LogP contribution in [-0.2, 0) is 9.22 Å². The molecule has 0 N–H and O–H groups in total. The van der Waals surface area contributed by atoms with Crippen molar-refractivity contribution in [1.29, 1.82) is 0 Å². The molecule has 0 saturated heterocycles. The van der Waals surface area contributed by atoms with E-state index in [2.05, 4.69) is 45.0 Å². The SMILES string of the molecule is CC(/C=C(/F)C=O)=C\CO[Si](c1ccccc1)(c1ccccc1)C(C)(C)C. The average molecular weight is 383 g/mol. The number of carbonyl (C=O) groups excluding carboxylic acids is 1. The molecule has 0 aliphatic rings. The molecule has 0 aliphatic heterocycles. The molecule has 0 aromatic heterocycles. The van der Waals surface area contributed by atoms with Gasteiger partial charge in [0.25, 0.3) is 8.32 Å². The van der Waals surface area contributed by atoms with E-state index >= 15 is 0 Å². The van der Waals surface area contributed by atoms with E-state index in [9.17, 15) is 9.18 Å². The summed E-state index contributed by atoms with van der Waals surface area (Å²) in [4.78, 5) is 10.5. The van der Waals surface area contributed by atoms with Gasteiger partial charge in [-0.1, -0.05) is 87.5 Å². The van der Waals surface area contributed by atoms with Gasteiger partial charge in [0, 0.05) is 0 Å². The second-order valence-electron chi connectivity index (χ2n) is 7.57. The Morgan fingerprint density at radius 3 is 1.89 bits per heavy atom. The van der Waals surface area contributed by atoms with E-state index in [4.69, 9.17) is 4.43 Å². The van der Waals surface area contributed by atoms with E-state index in [0.29, 0.717) is 12.2 Å². The van der Waals surface area contributed by atoms with Crippen molar-refractivity contribution in [2.75, 3.05) is 6.61 Å². The fourth-order valence-corrected chi connectivity index (χ4v) is 7.86. The average Bonchev–Trinajstić information content (AvgIpc) is 2.65. The molecule has 0 spiro atoms. The highest BCUT2D eigenvalue weighted by Crippen LogP contribution is 2.36. The molecule has 0 amide bonds. The van der Waals surface area contributed by atoms with Crippen LogP contribution in [0.4, 0.5) is 4.39 Å². The van der Waals surface area contributed by atoms with Crippen molar-refractivity contribution in [1.82, 2.24) is 0 Å². The van der Waals surface area contributed by atoms with Gasteiger partial charge < -0.3 is 4.43 Å². The van der Waals surface area contributed by atoms with Gasteiger partial charge in [0.2, 0.25) is 0 Å². The van der Waals surface area contributed by atoms with Gasteiger partial charge >= 0.3 is 0 Å². The maximum Gasteiger partial charge on any atom is 0.261 e. The minimum absolute atomic E-state index is 0.110. The normalized spacial score (nSPS) is 13.5. The van der Waals surface area contributed by atoms with Crippen LogP contribution < -0.4 is 10.4 Å². The number of aldehydes is 1. The summed E-state index contributed by atoms with van der Waals surface area (Å²) in [6, 6.07) is 20.7. The number of rotatable bonds is 7. The molecule has 27 heavy (non-hydrogen) atoms. The predicted molar refractivity (Wildman–Crippen MR) is 113 cm³/mol. The molecule has 2 nitrogen and oxygen atoms in total. The van der Waals surface area contributed by atoms with Crippen LogP contribution in [-0.4, -0.2) is 21.2 Å². The highest BCUT2D eigenvalue weighted by atomic mass is 28.4. The Morgan fingerprint density at radius 1 is 1.00 bits per heavy atom. The molecule has 0 bridgehead atoms. The molecule has 0 heterocycles.